The van der Waals surface area contributed by atoms with Crippen LogP contribution in [-0.2, 0) is 16.1 Å². The molecule has 1 aromatic heterocycles. The summed E-state index contributed by atoms with van der Waals surface area (Å²) in [6, 6.07) is 11.7. The molecule has 2 amide bonds. The van der Waals surface area contributed by atoms with Crippen molar-refractivity contribution in [2.45, 2.75) is 39.8 Å². The average molecular weight is 341 g/mol. The molecule has 2 aromatic rings. The fourth-order valence-electron chi connectivity index (χ4n) is 3.10. The molecular formula is C19H23N3O3. The first-order valence-corrected chi connectivity index (χ1v) is 8.54. The van der Waals surface area contributed by atoms with Crippen LogP contribution in [0, 0.1) is 12.8 Å². The Kier molecular flexibility index (Phi) is 4.88. The van der Waals surface area contributed by atoms with Crippen LogP contribution in [0.3, 0.4) is 0 Å². The van der Waals surface area contributed by atoms with Crippen LogP contribution in [0.25, 0.3) is 0 Å². The van der Waals surface area contributed by atoms with E-state index in [9.17, 15) is 9.59 Å². The molecule has 2 heterocycles. The summed E-state index contributed by atoms with van der Waals surface area (Å²) in [6.45, 7) is 6.67. The van der Waals surface area contributed by atoms with Gasteiger partial charge in [-0.25, -0.2) is 0 Å². The molecule has 1 aliphatic heterocycles. The summed E-state index contributed by atoms with van der Waals surface area (Å²) in [7, 11) is 0. The highest BCUT2D eigenvalue weighted by Gasteiger charge is 2.38. The van der Waals surface area contributed by atoms with Crippen molar-refractivity contribution in [3.63, 3.8) is 0 Å². The Morgan fingerprint density at radius 3 is 2.68 bits per heavy atom. The zero-order valence-corrected chi connectivity index (χ0v) is 14.8. The van der Waals surface area contributed by atoms with E-state index in [1.54, 1.807) is 17.9 Å². The van der Waals surface area contributed by atoms with Gasteiger partial charge in [-0.15, -0.1) is 0 Å². The van der Waals surface area contributed by atoms with E-state index >= 15 is 0 Å². The summed E-state index contributed by atoms with van der Waals surface area (Å²) in [6.07, 6.45) is 0.211. The SMILES string of the molecule is Cc1cc(N2CC(C(=O)N(Cc3ccccc3)C(C)C)CC2=O)no1. The molecule has 132 valence electrons. The quantitative estimate of drug-likeness (QED) is 0.839. The molecule has 0 bridgehead atoms. The van der Waals surface area contributed by atoms with Crippen molar-refractivity contribution < 1.29 is 14.1 Å². The van der Waals surface area contributed by atoms with Crippen molar-refractivity contribution in [3.05, 3.63) is 47.7 Å². The van der Waals surface area contributed by atoms with E-state index in [1.807, 2.05) is 49.1 Å². The number of hydrogen-bond donors (Lipinski definition) is 0. The molecule has 3 rings (SSSR count). The molecule has 6 nitrogen and oxygen atoms in total. The summed E-state index contributed by atoms with van der Waals surface area (Å²) in [4.78, 5) is 28.7. The van der Waals surface area contributed by atoms with E-state index in [0.29, 0.717) is 24.7 Å². The molecule has 0 spiro atoms. The molecule has 25 heavy (non-hydrogen) atoms. The summed E-state index contributed by atoms with van der Waals surface area (Å²) in [5.41, 5.74) is 1.08. The molecule has 1 unspecified atom stereocenters. The van der Waals surface area contributed by atoms with Crippen LogP contribution in [0.1, 0.15) is 31.6 Å². The van der Waals surface area contributed by atoms with Crippen molar-refractivity contribution in [3.8, 4) is 0 Å². The van der Waals surface area contributed by atoms with Crippen LogP contribution in [-0.4, -0.2) is 34.5 Å². The molecule has 1 atom stereocenters. The largest absolute Gasteiger partial charge is 0.360 e. The van der Waals surface area contributed by atoms with E-state index in [1.165, 1.54) is 0 Å². The highest BCUT2D eigenvalue weighted by atomic mass is 16.5. The Bertz CT molecular complexity index is 754. The number of anilines is 1. The maximum absolute atomic E-state index is 13.0. The second-order valence-corrected chi connectivity index (χ2v) is 6.75. The van der Waals surface area contributed by atoms with Crippen molar-refractivity contribution >= 4 is 17.6 Å². The molecule has 1 saturated heterocycles. The molecule has 0 aliphatic carbocycles. The number of rotatable bonds is 5. The lowest BCUT2D eigenvalue weighted by Gasteiger charge is -2.29. The fourth-order valence-corrected chi connectivity index (χ4v) is 3.10. The summed E-state index contributed by atoms with van der Waals surface area (Å²) < 4.78 is 5.05. The number of benzene rings is 1. The van der Waals surface area contributed by atoms with Crippen molar-refractivity contribution in [1.29, 1.82) is 0 Å². The van der Waals surface area contributed by atoms with Crippen LogP contribution in [0.4, 0.5) is 5.82 Å². The fraction of sp³-hybridized carbons (Fsp3) is 0.421. The highest BCUT2D eigenvalue weighted by molar-refractivity contribution is 5.99. The van der Waals surface area contributed by atoms with Crippen LogP contribution >= 0.6 is 0 Å². The minimum Gasteiger partial charge on any atom is -0.360 e. The van der Waals surface area contributed by atoms with Gasteiger partial charge in [0.05, 0.1) is 5.92 Å². The van der Waals surface area contributed by atoms with E-state index in [-0.39, 0.29) is 30.2 Å². The monoisotopic (exact) mass is 341 g/mol. The van der Waals surface area contributed by atoms with Gasteiger partial charge in [-0.3, -0.25) is 14.5 Å². The van der Waals surface area contributed by atoms with Gasteiger partial charge in [0.25, 0.3) is 0 Å². The van der Waals surface area contributed by atoms with Crippen LogP contribution in [0.5, 0.6) is 0 Å². The topological polar surface area (TPSA) is 66.7 Å². The zero-order chi connectivity index (χ0) is 18.0. The first-order chi connectivity index (χ1) is 12.0. The number of amides is 2. The van der Waals surface area contributed by atoms with E-state index in [0.717, 1.165) is 5.56 Å². The van der Waals surface area contributed by atoms with Crippen LogP contribution in [0.2, 0.25) is 0 Å². The minimum absolute atomic E-state index is 0.00919. The van der Waals surface area contributed by atoms with Gasteiger partial charge in [0.1, 0.15) is 5.76 Å². The summed E-state index contributed by atoms with van der Waals surface area (Å²) in [5.74, 6) is 0.697. The number of hydrogen-bond acceptors (Lipinski definition) is 4. The molecule has 1 fully saturated rings. The second kappa shape index (κ2) is 7.09. The number of nitrogens with zero attached hydrogens (tertiary/aromatic N) is 3. The standard InChI is InChI=1S/C19H23N3O3/c1-13(2)21(11-15-7-5-4-6-8-15)19(24)16-10-18(23)22(12-16)17-9-14(3)25-20-17/h4-9,13,16H,10-12H2,1-3H3. The molecule has 0 radical (unpaired) electrons. The van der Waals surface area contributed by atoms with Gasteiger partial charge in [-0.2, -0.15) is 0 Å². The number of carbonyl (C=O) groups is 2. The first kappa shape index (κ1) is 17.2. The zero-order valence-electron chi connectivity index (χ0n) is 14.8. The third kappa shape index (κ3) is 3.73. The van der Waals surface area contributed by atoms with Gasteiger partial charge in [0.15, 0.2) is 5.82 Å². The Morgan fingerprint density at radius 1 is 1.36 bits per heavy atom. The smallest absolute Gasteiger partial charge is 0.229 e. The number of aromatic nitrogens is 1. The van der Waals surface area contributed by atoms with Gasteiger partial charge < -0.3 is 9.42 Å². The molecular weight excluding hydrogens is 318 g/mol. The van der Waals surface area contributed by atoms with Gasteiger partial charge >= 0.3 is 0 Å². The maximum Gasteiger partial charge on any atom is 0.229 e. The maximum atomic E-state index is 13.0. The van der Waals surface area contributed by atoms with Gasteiger partial charge in [0.2, 0.25) is 11.8 Å². The Hall–Kier alpha value is -2.63. The predicted molar refractivity (Wildman–Crippen MR) is 93.8 cm³/mol. The Morgan fingerprint density at radius 2 is 2.08 bits per heavy atom. The molecule has 6 heteroatoms. The predicted octanol–water partition coefficient (Wildman–Crippen LogP) is 2.77. The average Bonchev–Trinajstić information content (AvgIpc) is 3.18. The van der Waals surface area contributed by atoms with E-state index in [4.69, 9.17) is 4.52 Å². The lowest BCUT2D eigenvalue weighted by atomic mass is 10.1. The van der Waals surface area contributed by atoms with Crippen molar-refractivity contribution in [2.75, 3.05) is 11.4 Å². The molecule has 0 saturated carbocycles. The molecule has 0 N–H and O–H groups in total. The molecule has 1 aromatic carbocycles. The third-order valence-corrected chi connectivity index (χ3v) is 4.47. The van der Waals surface area contributed by atoms with Crippen molar-refractivity contribution in [1.82, 2.24) is 10.1 Å². The molecule has 1 aliphatic rings. The summed E-state index contributed by atoms with van der Waals surface area (Å²) >= 11 is 0. The minimum atomic E-state index is -0.351. The number of carbonyl (C=O) groups excluding carboxylic acids is 2. The number of aryl methyl sites for hydroxylation is 1. The third-order valence-electron chi connectivity index (χ3n) is 4.47. The van der Waals surface area contributed by atoms with Crippen molar-refractivity contribution in [2.24, 2.45) is 5.92 Å². The van der Waals surface area contributed by atoms with Crippen LogP contribution < -0.4 is 4.90 Å². The lowest BCUT2D eigenvalue weighted by Crippen LogP contribution is -2.41. The lowest BCUT2D eigenvalue weighted by molar-refractivity contribution is -0.138. The van der Waals surface area contributed by atoms with E-state index in [2.05, 4.69) is 5.16 Å². The van der Waals surface area contributed by atoms with Gasteiger partial charge in [-0.1, -0.05) is 35.5 Å². The normalized spacial score (nSPS) is 17.4. The second-order valence-electron chi connectivity index (χ2n) is 6.75. The van der Waals surface area contributed by atoms with Gasteiger partial charge in [-0.05, 0) is 26.3 Å². The van der Waals surface area contributed by atoms with Crippen LogP contribution in [0.15, 0.2) is 40.9 Å². The first-order valence-electron chi connectivity index (χ1n) is 8.54. The summed E-state index contributed by atoms with van der Waals surface area (Å²) in [5, 5.41) is 3.89. The highest BCUT2D eigenvalue weighted by Crippen LogP contribution is 2.27. The Balaban J connectivity index is 1.73. The van der Waals surface area contributed by atoms with Gasteiger partial charge in [0, 0.05) is 31.6 Å². The van der Waals surface area contributed by atoms with E-state index < -0.39 is 0 Å². The Labute approximate surface area is 147 Å².